The summed E-state index contributed by atoms with van der Waals surface area (Å²) in [5, 5.41) is 0. The summed E-state index contributed by atoms with van der Waals surface area (Å²) in [5.41, 5.74) is 5.22. The summed E-state index contributed by atoms with van der Waals surface area (Å²) in [4.78, 5) is 0.454. The molecule has 0 bridgehead atoms. The molecular weight excluding hydrogens is 216 g/mol. The van der Waals surface area contributed by atoms with Gasteiger partial charge in [0.15, 0.2) is 0 Å². The Labute approximate surface area is 93.1 Å². The minimum atomic E-state index is -0.612. The van der Waals surface area contributed by atoms with Crippen molar-refractivity contribution < 1.29 is 8.78 Å². The van der Waals surface area contributed by atoms with E-state index >= 15 is 0 Å². The topological polar surface area (TPSA) is 26.0 Å². The van der Waals surface area contributed by atoms with Crippen LogP contribution in [0.3, 0.4) is 0 Å². The monoisotopic (exact) mass is 231 g/mol. The Bertz CT molecular complexity index is 358. The summed E-state index contributed by atoms with van der Waals surface area (Å²) in [6, 6.07) is 2.73. The Morgan fingerprint density at radius 2 is 1.93 bits per heavy atom. The molecule has 0 aliphatic carbocycles. The highest BCUT2D eigenvalue weighted by atomic mass is 32.2. The number of thioether (sulfide) groups is 1. The molecule has 0 amide bonds. The molecule has 0 aliphatic heterocycles. The molecule has 0 fully saturated rings. The molecule has 0 saturated carbocycles. The zero-order valence-corrected chi connectivity index (χ0v) is 9.92. The third kappa shape index (κ3) is 3.18. The molecule has 1 aromatic rings. The molecule has 1 aromatic carbocycles. The minimum Gasteiger partial charge on any atom is -0.325 e. The van der Waals surface area contributed by atoms with Gasteiger partial charge in [-0.25, -0.2) is 8.78 Å². The highest BCUT2D eigenvalue weighted by Gasteiger charge is 2.20. The first-order chi connectivity index (χ1) is 6.85. The zero-order chi connectivity index (χ0) is 11.6. The van der Waals surface area contributed by atoms with Crippen molar-refractivity contribution in [1.82, 2.24) is 0 Å². The number of hydrogen-bond donors (Lipinski definition) is 1. The van der Waals surface area contributed by atoms with Crippen LogP contribution in [0.2, 0.25) is 0 Å². The lowest BCUT2D eigenvalue weighted by atomic mass is 9.95. The van der Waals surface area contributed by atoms with Crippen LogP contribution in [0.1, 0.15) is 19.4 Å². The summed E-state index contributed by atoms with van der Waals surface area (Å²) in [6.07, 6.45) is 1.95. The Balaban J connectivity index is 3.15. The van der Waals surface area contributed by atoms with E-state index in [1.54, 1.807) is 20.1 Å². The van der Waals surface area contributed by atoms with Gasteiger partial charge in [0.1, 0.15) is 11.6 Å². The maximum Gasteiger partial charge on any atom is 0.142 e. The molecule has 0 saturated heterocycles. The van der Waals surface area contributed by atoms with Gasteiger partial charge < -0.3 is 5.73 Å². The van der Waals surface area contributed by atoms with Crippen molar-refractivity contribution in [3.63, 3.8) is 0 Å². The third-order valence-electron chi connectivity index (χ3n) is 2.00. The lowest BCUT2D eigenvalue weighted by Gasteiger charge is -2.19. The molecule has 0 aromatic heterocycles. The van der Waals surface area contributed by atoms with E-state index in [2.05, 4.69) is 0 Å². The van der Waals surface area contributed by atoms with Crippen LogP contribution >= 0.6 is 11.8 Å². The Morgan fingerprint density at radius 1 is 1.33 bits per heavy atom. The molecule has 15 heavy (non-hydrogen) atoms. The van der Waals surface area contributed by atoms with E-state index in [9.17, 15) is 8.78 Å². The summed E-state index contributed by atoms with van der Waals surface area (Å²) in [7, 11) is 0. The average molecular weight is 231 g/mol. The Kier molecular flexibility index (Phi) is 3.73. The highest BCUT2D eigenvalue weighted by molar-refractivity contribution is 7.98. The number of nitrogens with two attached hydrogens (primary N) is 1. The second-order valence-corrected chi connectivity index (χ2v) is 5.06. The molecule has 1 rings (SSSR count). The molecule has 0 radical (unpaired) electrons. The van der Waals surface area contributed by atoms with Crippen molar-refractivity contribution in [3.8, 4) is 0 Å². The van der Waals surface area contributed by atoms with Crippen molar-refractivity contribution in [2.75, 3.05) is 6.26 Å². The lowest BCUT2D eigenvalue weighted by Crippen LogP contribution is -2.35. The van der Waals surface area contributed by atoms with Gasteiger partial charge >= 0.3 is 0 Å². The number of hydrogen-bond acceptors (Lipinski definition) is 2. The Hall–Kier alpha value is -0.610. The summed E-state index contributed by atoms with van der Waals surface area (Å²) >= 11 is 1.26. The first-order valence-corrected chi connectivity index (χ1v) is 5.87. The first kappa shape index (κ1) is 12.5. The van der Waals surface area contributed by atoms with Gasteiger partial charge in [0, 0.05) is 16.0 Å². The van der Waals surface area contributed by atoms with E-state index in [0.717, 1.165) is 0 Å². The molecule has 0 atom stereocenters. The molecule has 0 aliphatic rings. The van der Waals surface area contributed by atoms with E-state index in [-0.39, 0.29) is 12.0 Å². The van der Waals surface area contributed by atoms with Crippen molar-refractivity contribution in [1.29, 1.82) is 0 Å². The van der Waals surface area contributed by atoms with Gasteiger partial charge in [-0.1, -0.05) is 0 Å². The summed E-state index contributed by atoms with van der Waals surface area (Å²) < 4.78 is 27.1. The second kappa shape index (κ2) is 4.49. The van der Waals surface area contributed by atoms with Crippen LogP contribution in [0, 0.1) is 11.6 Å². The van der Waals surface area contributed by atoms with Crippen molar-refractivity contribution >= 4 is 11.8 Å². The predicted molar refractivity (Wildman–Crippen MR) is 60.1 cm³/mol. The van der Waals surface area contributed by atoms with Crippen LogP contribution in [0.25, 0.3) is 0 Å². The quantitative estimate of drug-likeness (QED) is 0.809. The van der Waals surface area contributed by atoms with E-state index < -0.39 is 17.2 Å². The number of benzene rings is 1. The fourth-order valence-electron chi connectivity index (χ4n) is 1.35. The molecule has 0 spiro atoms. The van der Waals surface area contributed by atoms with Crippen LogP contribution in [0.5, 0.6) is 0 Å². The largest absolute Gasteiger partial charge is 0.325 e. The lowest BCUT2D eigenvalue weighted by molar-refractivity contribution is 0.466. The van der Waals surface area contributed by atoms with E-state index in [4.69, 9.17) is 5.73 Å². The summed E-state index contributed by atoms with van der Waals surface area (Å²) in [5.74, 6) is -1.01. The van der Waals surface area contributed by atoms with Gasteiger partial charge in [0.2, 0.25) is 0 Å². The van der Waals surface area contributed by atoms with Crippen molar-refractivity contribution in [2.45, 2.75) is 30.7 Å². The number of rotatable bonds is 3. The molecule has 1 nitrogen and oxygen atoms in total. The molecule has 0 unspecified atom stereocenters. The van der Waals surface area contributed by atoms with Crippen LogP contribution in [-0.2, 0) is 6.42 Å². The van der Waals surface area contributed by atoms with Crippen molar-refractivity contribution in [2.24, 2.45) is 5.73 Å². The fourth-order valence-corrected chi connectivity index (χ4v) is 1.86. The average Bonchev–Trinajstić information content (AvgIpc) is 2.11. The van der Waals surface area contributed by atoms with Gasteiger partial charge in [-0.3, -0.25) is 0 Å². The van der Waals surface area contributed by atoms with Crippen LogP contribution in [0.4, 0.5) is 8.78 Å². The van der Waals surface area contributed by atoms with Gasteiger partial charge in [-0.2, -0.15) is 0 Å². The van der Waals surface area contributed by atoms with Crippen molar-refractivity contribution in [3.05, 3.63) is 29.3 Å². The maximum atomic E-state index is 13.7. The zero-order valence-electron chi connectivity index (χ0n) is 9.10. The smallest absolute Gasteiger partial charge is 0.142 e. The van der Waals surface area contributed by atoms with Gasteiger partial charge in [-0.05, 0) is 38.7 Å². The molecule has 0 heterocycles. The second-order valence-electron chi connectivity index (χ2n) is 4.21. The standard InChI is InChI=1S/C11H15F2NS/c1-11(2,14)6-7-8(12)4-5-9(15-3)10(7)13/h4-5H,6,14H2,1-3H3. The first-order valence-electron chi connectivity index (χ1n) is 4.65. The SMILES string of the molecule is CSc1ccc(F)c(CC(C)(C)N)c1F. The predicted octanol–water partition coefficient (Wildman–Crippen LogP) is 2.97. The fraction of sp³-hybridized carbons (Fsp3) is 0.455. The van der Waals surface area contributed by atoms with Gasteiger partial charge in [0.05, 0.1) is 0 Å². The molecular formula is C11H15F2NS. The third-order valence-corrected chi connectivity index (χ3v) is 2.76. The number of halogens is 2. The normalized spacial score (nSPS) is 11.9. The molecule has 84 valence electrons. The maximum absolute atomic E-state index is 13.7. The van der Waals surface area contributed by atoms with Crippen LogP contribution in [-0.4, -0.2) is 11.8 Å². The van der Waals surface area contributed by atoms with Crippen LogP contribution in [0.15, 0.2) is 17.0 Å². The van der Waals surface area contributed by atoms with E-state index in [1.807, 2.05) is 0 Å². The highest BCUT2D eigenvalue weighted by Crippen LogP contribution is 2.26. The van der Waals surface area contributed by atoms with E-state index in [1.165, 1.54) is 23.9 Å². The minimum absolute atomic E-state index is 0.0781. The Morgan fingerprint density at radius 3 is 2.40 bits per heavy atom. The molecule has 4 heteroatoms. The van der Waals surface area contributed by atoms with E-state index in [0.29, 0.717) is 4.90 Å². The molecule has 2 N–H and O–H groups in total. The summed E-state index contributed by atoms with van der Waals surface area (Å²) in [6.45, 7) is 3.50. The van der Waals surface area contributed by atoms with Gasteiger partial charge in [0.25, 0.3) is 0 Å². The van der Waals surface area contributed by atoms with Gasteiger partial charge in [-0.15, -0.1) is 11.8 Å². The van der Waals surface area contributed by atoms with Crippen LogP contribution < -0.4 is 5.73 Å².